The number of aliphatic hydroxyl groups excluding tert-OH is 1. The van der Waals surface area contributed by atoms with E-state index >= 15 is 0 Å². The number of alkyl halides is 3. The first-order valence-electron chi connectivity index (χ1n) is 14.5. The number of carbonyl (C=O) groups is 1. The summed E-state index contributed by atoms with van der Waals surface area (Å²) in [6.45, 7) is 10.3. The van der Waals surface area contributed by atoms with Gasteiger partial charge in [0.05, 0.1) is 30.9 Å². The van der Waals surface area contributed by atoms with Gasteiger partial charge in [-0.3, -0.25) is 15.3 Å². The SMILES string of the molecule is CC.CC.Cc1ccc(C(=N)N(CCC(F)(F)F)C(=O)NC/C(N)=C2\CCC(O)(CO)CC2=Nc2cccc(C)c2)cc1. The van der Waals surface area contributed by atoms with E-state index in [1.165, 1.54) is 0 Å². The third-order valence-corrected chi connectivity index (χ3v) is 6.52. The van der Waals surface area contributed by atoms with Crippen LogP contribution in [0, 0.1) is 19.3 Å². The number of amidine groups is 1. The Labute approximate surface area is 253 Å². The molecule has 1 unspecified atom stereocenters. The molecule has 0 radical (unpaired) electrons. The molecule has 238 valence electrons. The van der Waals surface area contributed by atoms with Gasteiger partial charge in [-0.05, 0) is 50.0 Å². The Morgan fingerprint density at radius 2 is 1.72 bits per heavy atom. The molecule has 2 aromatic rings. The zero-order valence-corrected chi connectivity index (χ0v) is 26.0. The Balaban J connectivity index is 0.00000221. The molecule has 2 aromatic carbocycles. The fourth-order valence-corrected chi connectivity index (χ4v) is 4.24. The first kappa shape index (κ1) is 37.3. The molecule has 0 heterocycles. The van der Waals surface area contributed by atoms with E-state index in [1.54, 1.807) is 30.3 Å². The predicted octanol–water partition coefficient (Wildman–Crippen LogP) is 6.54. The molecule has 3 rings (SSSR count). The predicted molar refractivity (Wildman–Crippen MR) is 167 cm³/mol. The van der Waals surface area contributed by atoms with Crippen LogP contribution in [-0.4, -0.2) is 64.2 Å². The summed E-state index contributed by atoms with van der Waals surface area (Å²) in [6, 6.07) is 13.0. The summed E-state index contributed by atoms with van der Waals surface area (Å²) < 4.78 is 39.0. The number of aryl methyl sites for hydroxylation is 2. The molecule has 1 saturated carbocycles. The maximum absolute atomic E-state index is 13.0. The third-order valence-electron chi connectivity index (χ3n) is 6.52. The topological polar surface area (TPSA) is 135 Å². The zero-order chi connectivity index (χ0) is 32.8. The van der Waals surface area contributed by atoms with Gasteiger partial charge in [-0.25, -0.2) is 4.79 Å². The third kappa shape index (κ3) is 11.8. The number of urea groups is 1. The first-order chi connectivity index (χ1) is 20.3. The molecule has 1 aliphatic rings. The van der Waals surface area contributed by atoms with Crippen molar-refractivity contribution in [3.63, 3.8) is 0 Å². The minimum Gasteiger partial charge on any atom is -0.400 e. The summed E-state index contributed by atoms with van der Waals surface area (Å²) in [5, 5.41) is 31.3. The fraction of sp³-hybridized carbons (Fsp3) is 0.469. The summed E-state index contributed by atoms with van der Waals surface area (Å²) in [4.78, 5) is 18.4. The van der Waals surface area contributed by atoms with Crippen molar-refractivity contribution in [1.82, 2.24) is 10.2 Å². The van der Waals surface area contributed by atoms with E-state index in [4.69, 9.17) is 11.1 Å². The number of benzene rings is 2. The van der Waals surface area contributed by atoms with Crippen LogP contribution in [0.25, 0.3) is 0 Å². The summed E-state index contributed by atoms with van der Waals surface area (Å²) in [7, 11) is 0. The van der Waals surface area contributed by atoms with Gasteiger partial charge in [0.2, 0.25) is 0 Å². The molecule has 8 nitrogen and oxygen atoms in total. The summed E-state index contributed by atoms with van der Waals surface area (Å²) >= 11 is 0. The quantitative estimate of drug-likeness (QED) is 0.181. The molecular weight excluding hydrogens is 559 g/mol. The van der Waals surface area contributed by atoms with Crippen molar-refractivity contribution < 1.29 is 28.2 Å². The monoisotopic (exact) mass is 605 g/mol. The Kier molecular flexibility index (Phi) is 15.1. The van der Waals surface area contributed by atoms with E-state index in [2.05, 4.69) is 10.3 Å². The largest absolute Gasteiger partial charge is 0.400 e. The maximum Gasteiger partial charge on any atom is 0.390 e. The second kappa shape index (κ2) is 17.4. The van der Waals surface area contributed by atoms with Crippen LogP contribution in [0.2, 0.25) is 0 Å². The van der Waals surface area contributed by atoms with Crippen molar-refractivity contribution in [3.8, 4) is 0 Å². The number of nitrogens with one attached hydrogen (secondary N) is 2. The van der Waals surface area contributed by atoms with Crippen molar-refractivity contribution in [3.05, 3.63) is 76.5 Å². The van der Waals surface area contributed by atoms with E-state index < -0.39 is 37.4 Å². The van der Waals surface area contributed by atoms with Crippen LogP contribution in [0.4, 0.5) is 23.7 Å². The van der Waals surface area contributed by atoms with Gasteiger partial charge >= 0.3 is 12.2 Å². The minimum absolute atomic E-state index is 0.0389. The molecule has 0 aliphatic heterocycles. The number of aliphatic imine (C=N–C) groups is 1. The first-order valence-corrected chi connectivity index (χ1v) is 14.5. The van der Waals surface area contributed by atoms with E-state index in [9.17, 15) is 28.2 Å². The number of halogens is 3. The number of aliphatic hydroxyl groups is 2. The smallest absolute Gasteiger partial charge is 0.390 e. The van der Waals surface area contributed by atoms with Gasteiger partial charge in [-0.15, -0.1) is 0 Å². The molecule has 0 bridgehead atoms. The molecule has 1 fully saturated rings. The summed E-state index contributed by atoms with van der Waals surface area (Å²) in [5.74, 6) is -0.365. The average Bonchev–Trinajstić information content (AvgIpc) is 2.98. The van der Waals surface area contributed by atoms with Crippen LogP contribution in [0.5, 0.6) is 0 Å². The molecule has 2 amide bonds. The molecule has 43 heavy (non-hydrogen) atoms. The van der Waals surface area contributed by atoms with Crippen molar-refractivity contribution in [2.24, 2.45) is 10.7 Å². The molecule has 6 N–H and O–H groups in total. The summed E-state index contributed by atoms with van der Waals surface area (Å²) in [5.41, 5.74) is 9.05. The normalized spacial score (nSPS) is 18.4. The molecule has 1 aliphatic carbocycles. The number of nitrogens with zero attached hydrogens (tertiary/aromatic N) is 2. The number of rotatable bonds is 7. The highest BCUT2D eigenvalue weighted by Gasteiger charge is 2.35. The van der Waals surface area contributed by atoms with Gasteiger partial charge in [-0.2, -0.15) is 13.2 Å². The van der Waals surface area contributed by atoms with Crippen LogP contribution in [-0.2, 0) is 0 Å². The second-order valence-corrected chi connectivity index (χ2v) is 9.85. The highest BCUT2D eigenvalue weighted by molar-refractivity contribution is 6.06. The number of amides is 2. The Hall–Kier alpha value is -3.70. The Morgan fingerprint density at radius 1 is 1.09 bits per heavy atom. The van der Waals surface area contributed by atoms with Crippen molar-refractivity contribution >= 4 is 23.3 Å². The van der Waals surface area contributed by atoms with Gasteiger partial charge in [0.25, 0.3) is 0 Å². The maximum atomic E-state index is 13.0. The Morgan fingerprint density at radius 3 is 2.28 bits per heavy atom. The van der Waals surface area contributed by atoms with E-state index in [-0.39, 0.29) is 37.3 Å². The molecular formula is C32H46F3N5O3. The molecule has 0 spiro atoms. The lowest BCUT2D eigenvalue weighted by Crippen LogP contribution is -2.46. The van der Waals surface area contributed by atoms with Gasteiger partial charge in [0.15, 0.2) is 0 Å². The number of carbonyl (C=O) groups excluding carboxylic acids is 1. The highest BCUT2D eigenvalue weighted by atomic mass is 19.4. The fourth-order valence-electron chi connectivity index (χ4n) is 4.24. The molecule has 0 aromatic heterocycles. The van der Waals surface area contributed by atoms with E-state index in [0.717, 1.165) is 16.0 Å². The van der Waals surface area contributed by atoms with Crippen molar-refractivity contribution in [2.45, 2.75) is 79.0 Å². The summed E-state index contributed by atoms with van der Waals surface area (Å²) in [6.07, 6.45) is -5.26. The standard InChI is InChI=1S/C28H34F3N5O3.2C2H6/c1-18-6-8-20(9-7-18)25(33)36(13-12-28(29,30)31)26(38)34-16-23(32)22-10-11-27(39,17-37)15-24(22)35-21-5-3-4-19(2)14-21;2*1-2/h3-9,14,33,37,39H,10-13,15-17,32H2,1-2H3,(H,34,38);2*1-2H3/b23-22-,33-25?,35-24?;;. The van der Waals surface area contributed by atoms with E-state index in [0.29, 0.717) is 22.5 Å². The second-order valence-electron chi connectivity index (χ2n) is 9.85. The van der Waals surface area contributed by atoms with Crippen molar-refractivity contribution in [1.29, 1.82) is 5.41 Å². The Bertz CT molecular complexity index is 1260. The molecule has 1 atom stereocenters. The number of nitrogens with two attached hydrogens (primary N) is 1. The number of allylic oxidation sites excluding steroid dienone is 1. The number of hydrogen-bond donors (Lipinski definition) is 5. The van der Waals surface area contributed by atoms with Crippen molar-refractivity contribution in [2.75, 3.05) is 19.7 Å². The minimum atomic E-state index is -4.51. The molecule has 11 heteroatoms. The lowest BCUT2D eigenvalue weighted by Gasteiger charge is -2.33. The number of hydrogen-bond acceptors (Lipinski definition) is 6. The highest BCUT2D eigenvalue weighted by Crippen LogP contribution is 2.32. The average molecular weight is 606 g/mol. The van der Waals surface area contributed by atoms with Crippen LogP contribution in [0.3, 0.4) is 0 Å². The zero-order valence-electron chi connectivity index (χ0n) is 26.0. The van der Waals surface area contributed by atoms with Gasteiger partial charge in [0.1, 0.15) is 5.84 Å². The van der Waals surface area contributed by atoms with E-state index in [1.807, 2.05) is 59.7 Å². The van der Waals surface area contributed by atoms with Gasteiger partial charge in [-0.1, -0.05) is 69.7 Å². The van der Waals surface area contributed by atoms with Crippen LogP contribution < -0.4 is 11.1 Å². The molecule has 0 saturated heterocycles. The van der Waals surface area contributed by atoms with Crippen LogP contribution in [0.15, 0.2) is 64.8 Å². The van der Waals surface area contributed by atoms with Crippen LogP contribution >= 0.6 is 0 Å². The van der Waals surface area contributed by atoms with Gasteiger partial charge in [0, 0.05) is 29.9 Å². The lowest BCUT2D eigenvalue weighted by molar-refractivity contribution is -0.135. The lowest BCUT2D eigenvalue weighted by atomic mass is 9.80. The van der Waals surface area contributed by atoms with Gasteiger partial charge < -0.3 is 21.3 Å². The van der Waals surface area contributed by atoms with Crippen LogP contribution in [0.1, 0.15) is 70.1 Å².